The van der Waals surface area contributed by atoms with E-state index in [0.717, 1.165) is 25.0 Å². The van der Waals surface area contributed by atoms with Crippen LogP contribution < -0.4 is 10.6 Å². The molecule has 0 spiro atoms. The number of aryl methyl sites for hydroxylation is 1. The molecule has 2 N–H and O–H groups in total. The van der Waals surface area contributed by atoms with Crippen LogP contribution in [0.5, 0.6) is 0 Å². The molecule has 1 saturated carbocycles. The predicted octanol–water partition coefficient (Wildman–Crippen LogP) is 2.13. The molecule has 0 saturated heterocycles. The molecule has 0 radical (unpaired) electrons. The van der Waals surface area contributed by atoms with Gasteiger partial charge in [0.05, 0.1) is 0 Å². The molecule has 2 nitrogen and oxygen atoms in total. The van der Waals surface area contributed by atoms with Crippen molar-refractivity contribution in [1.82, 2.24) is 10.6 Å². The number of hydrogen-bond donors (Lipinski definition) is 2. The molecule has 0 bridgehead atoms. The quantitative estimate of drug-likeness (QED) is 0.749. The van der Waals surface area contributed by atoms with Gasteiger partial charge in [0, 0.05) is 19.1 Å². The summed E-state index contributed by atoms with van der Waals surface area (Å²) >= 11 is 0. The third-order valence-electron chi connectivity index (χ3n) is 4.19. The number of benzene rings is 1. The van der Waals surface area contributed by atoms with Crippen LogP contribution in [0.15, 0.2) is 24.3 Å². The van der Waals surface area contributed by atoms with Gasteiger partial charge in [-0.1, -0.05) is 24.3 Å². The minimum Gasteiger partial charge on any atom is -0.315 e. The summed E-state index contributed by atoms with van der Waals surface area (Å²) in [6, 6.07) is 9.78. The molecular formula is C16H24N2. The second-order valence-electron chi connectivity index (χ2n) is 5.81. The summed E-state index contributed by atoms with van der Waals surface area (Å²) in [4.78, 5) is 0. The first-order valence-electron chi connectivity index (χ1n) is 7.43. The van der Waals surface area contributed by atoms with Crippen LogP contribution in [0.25, 0.3) is 0 Å². The lowest BCUT2D eigenvalue weighted by atomic mass is 9.84. The van der Waals surface area contributed by atoms with Crippen molar-refractivity contribution >= 4 is 0 Å². The van der Waals surface area contributed by atoms with Crippen LogP contribution >= 0.6 is 0 Å². The lowest BCUT2D eigenvalue weighted by Crippen LogP contribution is -2.33. The number of rotatable bonds is 6. The lowest BCUT2D eigenvalue weighted by molar-refractivity contribution is 0.423. The molecule has 0 amide bonds. The van der Waals surface area contributed by atoms with Gasteiger partial charge >= 0.3 is 0 Å². The van der Waals surface area contributed by atoms with E-state index in [1.54, 1.807) is 11.1 Å². The zero-order chi connectivity index (χ0) is 12.2. The summed E-state index contributed by atoms with van der Waals surface area (Å²) in [5.74, 6) is 0.834. The first-order chi connectivity index (χ1) is 8.92. The minimum absolute atomic E-state index is 0.834. The average molecular weight is 244 g/mol. The first kappa shape index (κ1) is 12.2. The molecule has 2 heteroatoms. The van der Waals surface area contributed by atoms with Gasteiger partial charge in [0.25, 0.3) is 0 Å². The Labute approximate surface area is 110 Å². The summed E-state index contributed by atoms with van der Waals surface area (Å²) < 4.78 is 0. The predicted molar refractivity (Wildman–Crippen MR) is 75.9 cm³/mol. The van der Waals surface area contributed by atoms with E-state index in [-0.39, 0.29) is 0 Å². The van der Waals surface area contributed by atoms with Crippen molar-refractivity contribution in [3.63, 3.8) is 0 Å². The molecule has 3 rings (SSSR count). The molecule has 2 aliphatic carbocycles. The van der Waals surface area contributed by atoms with Crippen LogP contribution in [0.3, 0.4) is 0 Å². The van der Waals surface area contributed by atoms with Crippen molar-refractivity contribution in [2.75, 3.05) is 19.6 Å². The molecule has 0 aliphatic heterocycles. The fourth-order valence-corrected chi connectivity index (χ4v) is 2.91. The maximum atomic E-state index is 3.61. The fourth-order valence-electron chi connectivity index (χ4n) is 2.91. The van der Waals surface area contributed by atoms with Crippen molar-refractivity contribution in [2.24, 2.45) is 5.92 Å². The first-order valence-corrected chi connectivity index (χ1v) is 7.43. The molecule has 1 aromatic rings. The maximum absolute atomic E-state index is 3.61. The lowest BCUT2D eigenvalue weighted by Gasteiger charge is -2.24. The van der Waals surface area contributed by atoms with Crippen molar-refractivity contribution in [3.8, 4) is 0 Å². The molecular weight excluding hydrogens is 220 g/mol. The largest absolute Gasteiger partial charge is 0.315 e. The Morgan fingerprint density at radius 3 is 2.67 bits per heavy atom. The normalized spacial score (nSPS) is 22.8. The van der Waals surface area contributed by atoms with Gasteiger partial charge in [0.15, 0.2) is 0 Å². The summed E-state index contributed by atoms with van der Waals surface area (Å²) in [6.07, 6.45) is 6.65. The number of fused-ring (bicyclic) bond motifs is 1. The Morgan fingerprint density at radius 1 is 1.00 bits per heavy atom. The van der Waals surface area contributed by atoms with Gasteiger partial charge in [0.2, 0.25) is 0 Å². The average Bonchev–Trinajstić information content (AvgIpc) is 3.22. The van der Waals surface area contributed by atoms with E-state index in [2.05, 4.69) is 34.9 Å². The number of hydrogen-bond acceptors (Lipinski definition) is 2. The van der Waals surface area contributed by atoms with Crippen LogP contribution in [0, 0.1) is 5.92 Å². The summed E-state index contributed by atoms with van der Waals surface area (Å²) in [6.45, 7) is 3.43. The highest BCUT2D eigenvalue weighted by Gasteiger charge is 2.20. The van der Waals surface area contributed by atoms with Crippen molar-refractivity contribution in [1.29, 1.82) is 0 Å². The van der Waals surface area contributed by atoms with Crippen LogP contribution in [0.2, 0.25) is 0 Å². The van der Waals surface area contributed by atoms with Crippen molar-refractivity contribution < 1.29 is 0 Å². The van der Waals surface area contributed by atoms with E-state index in [4.69, 9.17) is 0 Å². The standard InChI is InChI=1S/C16H24N2/c1-2-4-15-11-13(5-6-14(15)3-1)12-17-9-10-18-16-7-8-16/h1-4,13,16-18H,5-12H2. The summed E-state index contributed by atoms with van der Waals surface area (Å²) in [5, 5.41) is 7.15. The van der Waals surface area contributed by atoms with Crippen LogP contribution in [0.1, 0.15) is 30.4 Å². The highest BCUT2D eigenvalue weighted by Crippen LogP contribution is 2.24. The van der Waals surface area contributed by atoms with Gasteiger partial charge in [-0.3, -0.25) is 0 Å². The molecule has 98 valence electrons. The fraction of sp³-hybridized carbons (Fsp3) is 0.625. The highest BCUT2D eigenvalue weighted by molar-refractivity contribution is 5.29. The van der Waals surface area contributed by atoms with E-state index in [0.29, 0.717) is 0 Å². The topological polar surface area (TPSA) is 24.1 Å². The Hall–Kier alpha value is -0.860. The Balaban J connectivity index is 1.36. The SMILES string of the molecule is c1ccc2c(c1)CCC(CNCCNC1CC1)C2. The molecule has 1 fully saturated rings. The van der Waals surface area contributed by atoms with E-state index in [9.17, 15) is 0 Å². The smallest absolute Gasteiger partial charge is 0.00793 e. The van der Waals surface area contributed by atoms with E-state index >= 15 is 0 Å². The third-order valence-corrected chi connectivity index (χ3v) is 4.19. The zero-order valence-electron chi connectivity index (χ0n) is 11.1. The van der Waals surface area contributed by atoms with E-state index in [1.165, 1.54) is 38.6 Å². The van der Waals surface area contributed by atoms with Gasteiger partial charge < -0.3 is 10.6 Å². The molecule has 0 heterocycles. The second kappa shape index (κ2) is 5.85. The monoisotopic (exact) mass is 244 g/mol. The second-order valence-corrected chi connectivity index (χ2v) is 5.81. The van der Waals surface area contributed by atoms with Crippen LogP contribution in [0.4, 0.5) is 0 Å². The number of nitrogens with one attached hydrogen (secondary N) is 2. The van der Waals surface area contributed by atoms with Gasteiger partial charge in [-0.2, -0.15) is 0 Å². The van der Waals surface area contributed by atoms with E-state index in [1.807, 2.05) is 0 Å². The molecule has 18 heavy (non-hydrogen) atoms. The Kier molecular flexibility index (Phi) is 3.96. The molecule has 1 aromatic carbocycles. The third kappa shape index (κ3) is 3.33. The molecule has 0 aromatic heterocycles. The van der Waals surface area contributed by atoms with Crippen molar-refractivity contribution in [2.45, 2.75) is 38.1 Å². The Bertz CT molecular complexity index is 384. The van der Waals surface area contributed by atoms with Gasteiger partial charge in [-0.15, -0.1) is 0 Å². The van der Waals surface area contributed by atoms with Gasteiger partial charge in [-0.25, -0.2) is 0 Å². The van der Waals surface area contributed by atoms with E-state index < -0.39 is 0 Å². The minimum atomic E-state index is 0.834. The Morgan fingerprint density at radius 2 is 1.83 bits per heavy atom. The van der Waals surface area contributed by atoms with Crippen molar-refractivity contribution in [3.05, 3.63) is 35.4 Å². The highest BCUT2D eigenvalue weighted by atomic mass is 15.0. The summed E-state index contributed by atoms with van der Waals surface area (Å²) in [7, 11) is 0. The van der Waals surface area contributed by atoms with Gasteiger partial charge in [0.1, 0.15) is 0 Å². The molecule has 2 aliphatic rings. The molecule has 1 unspecified atom stereocenters. The molecule has 1 atom stereocenters. The zero-order valence-corrected chi connectivity index (χ0v) is 11.1. The summed E-state index contributed by atoms with van der Waals surface area (Å²) in [5.41, 5.74) is 3.15. The van der Waals surface area contributed by atoms with Gasteiger partial charge in [-0.05, 0) is 55.7 Å². The van der Waals surface area contributed by atoms with Crippen LogP contribution in [-0.4, -0.2) is 25.7 Å². The maximum Gasteiger partial charge on any atom is 0.00793 e. The van der Waals surface area contributed by atoms with Crippen LogP contribution in [-0.2, 0) is 12.8 Å².